The van der Waals surface area contributed by atoms with E-state index in [2.05, 4.69) is 5.32 Å². The molecule has 0 unspecified atom stereocenters. The van der Waals surface area contributed by atoms with Crippen molar-refractivity contribution in [3.63, 3.8) is 0 Å². The Balaban J connectivity index is 2.13. The Morgan fingerprint density at radius 1 is 1.37 bits per heavy atom. The summed E-state index contributed by atoms with van der Waals surface area (Å²) in [6.45, 7) is 0.357. The molecule has 0 aliphatic carbocycles. The molecule has 1 aromatic carbocycles. The van der Waals surface area contributed by atoms with Gasteiger partial charge < -0.3 is 15.5 Å². The number of amides is 1. The van der Waals surface area contributed by atoms with Crippen LogP contribution in [0.15, 0.2) is 40.8 Å². The van der Waals surface area contributed by atoms with Crippen molar-refractivity contribution in [2.45, 2.75) is 6.54 Å². The molecular formula is C12H11N3O4. The number of rotatable bonds is 4. The van der Waals surface area contributed by atoms with E-state index >= 15 is 0 Å². The van der Waals surface area contributed by atoms with Gasteiger partial charge in [-0.25, -0.2) is 0 Å². The smallest absolute Gasteiger partial charge is 0.395 e. The van der Waals surface area contributed by atoms with Gasteiger partial charge in [-0.3, -0.25) is 14.9 Å². The van der Waals surface area contributed by atoms with Crippen LogP contribution < -0.4 is 11.1 Å². The number of hydrogen-bond donors (Lipinski definition) is 2. The van der Waals surface area contributed by atoms with Gasteiger partial charge in [0.25, 0.3) is 5.91 Å². The summed E-state index contributed by atoms with van der Waals surface area (Å²) >= 11 is 0. The Labute approximate surface area is 108 Å². The molecule has 0 saturated heterocycles. The summed E-state index contributed by atoms with van der Waals surface area (Å²) in [5, 5.41) is 13.0. The fraction of sp³-hybridized carbons (Fsp3) is 0.0833. The molecule has 19 heavy (non-hydrogen) atoms. The zero-order chi connectivity index (χ0) is 13.8. The van der Waals surface area contributed by atoms with Gasteiger partial charge in [0, 0.05) is 12.2 Å². The van der Waals surface area contributed by atoms with E-state index < -0.39 is 16.7 Å². The van der Waals surface area contributed by atoms with E-state index in [9.17, 15) is 14.9 Å². The van der Waals surface area contributed by atoms with Crippen LogP contribution in [0.4, 0.5) is 11.6 Å². The molecule has 1 amide bonds. The highest BCUT2D eigenvalue weighted by Crippen LogP contribution is 2.17. The summed E-state index contributed by atoms with van der Waals surface area (Å²) in [6.07, 6.45) is 0. The van der Waals surface area contributed by atoms with E-state index in [1.54, 1.807) is 18.2 Å². The van der Waals surface area contributed by atoms with E-state index in [0.29, 0.717) is 12.2 Å². The van der Waals surface area contributed by atoms with Gasteiger partial charge in [-0.1, -0.05) is 12.1 Å². The van der Waals surface area contributed by atoms with E-state index in [-0.39, 0.29) is 5.76 Å². The van der Waals surface area contributed by atoms with E-state index in [4.69, 9.17) is 10.2 Å². The quantitative estimate of drug-likeness (QED) is 0.644. The summed E-state index contributed by atoms with van der Waals surface area (Å²) in [5.41, 5.74) is 6.90. The largest absolute Gasteiger partial charge is 0.433 e. The number of nitrogens with one attached hydrogen (secondary N) is 1. The summed E-state index contributed by atoms with van der Waals surface area (Å²) in [7, 11) is 0. The normalized spacial score (nSPS) is 10.2. The Kier molecular flexibility index (Phi) is 3.58. The highest BCUT2D eigenvalue weighted by molar-refractivity contribution is 6.02. The van der Waals surface area contributed by atoms with Gasteiger partial charge in [0.2, 0.25) is 0 Å². The van der Waals surface area contributed by atoms with E-state index in [1.807, 2.05) is 6.07 Å². The maximum Gasteiger partial charge on any atom is 0.433 e. The third-order valence-corrected chi connectivity index (χ3v) is 2.42. The standard InChI is InChI=1S/C12H11N3O4/c13-7-8-2-1-3-9(6-8)14-12(16)10-4-5-11(19-10)15(17)18/h1-6H,7,13H2,(H,14,16). The first-order valence-electron chi connectivity index (χ1n) is 5.44. The minimum Gasteiger partial charge on any atom is -0.395 e. The second-order valence-corrected chi connectivity index (χ2v) is 3.75. The van der Waals surface area contributed by atoms with Crippen LogP contribution in [0.3, 0.4) is 0 Å². The molecule has 0 spiro atoms. The number of carbonyl (C=O) groups is 1. The maximum absolute atomic E-state index is 11.8. The first-order chi connectivity index (χ1) is 9.10. The number of nitrogens with zero attached hydrogens (tertiary/aromatic N) is 1. The molecule has 2 rings (SSSR count). The van der Waals surface area contributed by atoms with Crippen LogP contribution in [0.2, 0.25) is 0 Å². The fourth-order valence-electron chi connectivity index (χ4n) is 1.52. The predicted octanol–water partition coefficient (Wildman–Crippen LogP) is 1.90. The van der Waals surface area contributed by atoms with Crippen LogP contribution in [-0.4, -0.2) is 10.8 Å². The van der Waals surface area contributed by atoms with Crippen molar-refractivity contribution in [1.82, 2.24) is 0 Å². The highest BCUT2D eigenvalue weighted by atomic mass is 16.6. The van der Waals surface area contributed by atoms with Crippen molar-refractivity contribution >= 4 is 17.5 Å². The van der Waals surface area contributed by atoms with Crippen molar-refractivity contribution in [2.75, 3.05) is 5.32 Å². The van der Waals surface area contributed by atoms with Crippen LogP contribution >= 0.6 is 0 Å². The molecule has 7 heteroatoms. The molecule has 0 radical (unpaired) electrons. The van der Waals surface area contributed by atoms with E-state index in [1.165, 1.54) is 6.07 Å². The number of nitro groups is 1. The second kappa shape index (κ2) is 5.32. The lowest BCUT2D eigenvalue weighted by Gasteiger charge is -2.04. The van der Waals surface area contributed by atoms with Crippen LogP contribution in [-0.2, 0) is 6.54 Å². The Morgan fingerprint density at radius 2 is 2.16 bits per heavy atom. The monoisotopic (exact) mass is 261 g/mol. The predicted molar refractivity (Wildman–Crippen MR) is 67.6 cm³/mol. The molecule has 2 aromatic rings. The van der Waals surface area contributed by atoms with Crippen molar-refractivity contribution in [3.05, 3.63) is 57.8 Å². The molecule has 0 bridgehead atoms. The number of furan rings is 1. The van der Waals surface area contributed by atoms with Gasteiger partial charge in [0.05, 0.1) is 6.07 Å². The van der Waals surface area contributed by atoms with E-state index in [0.717, 1.165) is 11.6 Å². The third-order valence-electron chi connectivity index (χ3n) is 2.42. The van der Waals surface area contributed by atoms with Crippen LogP contribution in [0, 0.1) is 10.1 Å². The molecule has 3 N–H and O–H groups in total. The Hall–Kier alpha value is -2.67. The van der Waals surface area contributed by atoms with Gasteiger partial charge in [-0.05, 0) is 23.8 Å². The highest BCUT2D eigenvalue weighted by Gasteiger charge is 2.17. The Morgan fingerprint density at radius 3 is 2.79 bits per heavy atom. The third kappa shape index (κ3) is 2.96. The van der Waals surface area contributed by atoms with Crippen molar-refractivity contribution < 1.29 is 14.1 Å². The molecular weight excluding hydrogens is 250 g/mol. The number of nitrogens with two attached hydrogens (primary N) is 1. The molecule has 98 valence electrons. The summed E-state index contributed by atoms with van der Waals surface area (Å²) in [4.78, 5) is 21.5. The fourth-order valence-corrected chi connectivity index (χ4v) is 1.52. The average molecular weight is 261 g/mol. The molecule has 1 heterocycles. The van der Waals surface area contributed by atoms with Crippen molar-refractivity contribution in [1.29, 1.82) is 0 Å². The van der Waals surface area contributed by atoms with Crippen LogP contribution in [0.5, 0.6) is 0 Å². The topological polar surface area (TPSA) is 111 Å². The first kappa shape index (κ1) is 12.8. The van der Waals surface area contributed by atoms with Crippen molar-refractivity contribution in [3.8, 4) is 0 Å². The zero-order valence-electron chi connectivity index (χ0n) is 9.83. The minimum atomic E-state index is -0.703. The van der Waals surface area contributed by atoms with Gasteiger partial charge in [0.1, 0.15) is 4.92 Å². The van der Waals surface area contributed by atoms with Crippen LogP contribution in [0.25, 0.3) is 0 Å². The van der Waals surface area contributed by atoms with Gasteiger partial charge in [-0.2, -0.15) is 0 Å². The SMILES string of the molecule is NCc1cccc(NC(=O)c2ccc([N+](=O)[O-])o2)c1. The summed E-state index contributed by atoms with van der Waals surface area (Å²) in [5.74, 6) is -1.15. The first-order valence-corrected chi connectivity index (χ1v) is 5.44. The number of hydrogen-bond acceptors (Lipinski definition) is 5. The number of benzene rings is 1. The average Bonchev–Trinajstić information content (AvgIpc) is 2.89. The zero-order valence-corrected chi connectivity index (χ0v) is 9.83. The molecule has 0 saturated carbocycles. The second-order valence-electron chi connectivity index (χ2n) is 3.75. The summed E-state index contributed by atoms with van der Waals surface area (Å²) in [6, 6.07) is 9.37. The lowest BCUT2D eigenvalue weighted by atomic mass is 10.2. The molecule has 0 fully saturated rings. The van der Waals surface area contributed by atoms with Gasteiger partial charge in [-0.15, -0.1) is 0 Å². The lowest BCUT2D eigenvalue weighted by molar-refractivity contribution is -0.402. The molecule has 0 aliphatic heterocycles. The summed E-state index contributed by atoms with van der Waals surface area (Å²) < 4.78 is 4.80. The molecule has 0 aliphatic rings. The molecule has 7 nitrogen and oxygen atoms in total. The molecule has 0 atom stereocenters. The number of anilines is 1. The maximum atomic E-state index is 11.8. The van der Waals surface area contributed by atoms with Crippen molar-refractivity contribution in [2.24, 2.45) is 5.73 Å². The lowest BCUT2D eigenvalue weighted by Crippen LogP contribution is -2.11. The molecule has 1 aromatic heterocycles. The van der Waals surface area contributed by atoms with Gasteiger partial charge in [0.15, 0.2) is 5.76 Å². The number of carbonyl (C=O) groups excluding carboxylic acids is 1. The minimum absolute atomic E-state index is 0.121. The van der Waals surface area contributed by atoms with Gasteiger partial charge >= 0.3 is 5.88 Å². The van der Waals surface area contributed by atoms with Crippen LogP contribution in [0.1, 0.15) is 16.1 Å². The Bertz CT molecular complexity index is 621.